The van der Waals surface area contributed by atoms with E-state index in [9.17, 15) is 13.2 Å². The largest absolute Gasteiger partial charge is 0.477 e. The second-order valence-corrected chi connectivity index (χ2v) is 7.02. The molecule has 104 valence electrons. The fraction of sp³-hybridized carbons (Fsp3) is 0.417. The molecule has 0 saturated heterocycles. The Kier molecular flexibility index (Phi) is 4.07. The summed E-state index contributed by atoms with van der Waals surface area (Å²) in [4.78, 5) is 10.9. The normalized spacial score (nSPS) is 19.5. The molecule has 0 fully saturated rings. The molecule has 1 unspecified atom stereocenters. The van der Waals surface area contributed by atoms with Crippen molar-refractivity contribution in [1.82, 2.24) is 4.72 Å². The van der Waals surface area contributed by atoms with Crippen molar-refractivity contribution in [3.8, 4) is 0 Å². The molecular weight excluding hydrogens is 286 g/mol. The highest BCUT2D eigenvalue weighted by Gasteiger charge is 2.28. The summed E-state index contributed by atoms with van der Waals surface area (Å²) in [5, 5.41) is 10.6. The molecule has 0 aliphatic heterocycles. The van der Waals surface area contributed by atoms with E-state index in [0.29, 0.717) is 12.0 Å². The van der Waals surface area contributed by atoms with E-state index < -0.39 is 16.0 Å². The topological polar surface area (TPSA) is 83.5 Å². The van der Waals surface area contributed by atoms with Gasteiger partial charge in [0.25, 0.3) is 0 Å². The van der Waals surface area contributed by atoms with Gasteiger partial charge in [0.1, 0.15) is 9.77 Å². The lowest BCUT2D eigenvalue weighted by Gasteiger charge is -2.19. The Hall–Kier alpha value is -1.18. The lowest BCUT2D eigenvalue weighted by molar-refractivity contribution is 0.0698. The Bertz CT molecular complexity index is 616. The Morgan fingerprint density at radius 3 is 2.79 bits per heavy atom. The van der Waals surface area contributed by atoms with E-state index in [-0.39, 0.29) is 15.8 Å². The maximum Gasteiger partial charge on any atom is 0.347 e. The minimum absolute atomic E-state index is 0.0976. The highest BCUT2D eigenvalue weighted by Crippen LogP contribution is 2.27. The van der Waals surface area contributed by atoms with Crippen LogP contribution in [0.4, 0.5) is 0 Å². The van der Waals surface area contributed by atoms with Gasteiger partial charge in [0, 0.05) is 6.04 Å². The van der Waals surface area contributed by atoms with Crippen molar-refractivity contribution in [1.29, 1.82) is 0 Å². The van der Waals surface area contributed by atoms with Gasteiger partial charge in [-0.2, -0.15) is 0 Å². The van der Waals surface area contributed by atoms with E-state index in [1.165, 1.54) is 0 Å². The van der Waals surface area contributed by atoms with Gasteiger partial charge in [-0.05, 0) is 37.1 Å². The summed E-state index contributed by atoms with van der Waals surface area (Å²) in [6, 6.07) is -0.157. The van der Waals surface area contributed by atoms with Crippen LogP contribution in [-0.4, -0.2) is 25.5 Å². The standard InChI is InChI=1S/C12H15NO4S2/c1-8-7-18-10(12(14)15)11(8)19(16,17)13-9-5-3-2-4-6-9/h2-3,7,9,13H,4-6H2,1H3,(H,14,15). The number of hydrogen-bond acceptors (Lipinski definition) is 4. The zero-order valence-electron chi connectivity index (χ0n) is 10.4. The van der Waals surface area contributed by atoms with Gasteiger partial charge >= 0.3 is 5.97 Å². The molecule has 1 heterocycles. The molecule has 5 nitrogen and oxygen atoms in total. The molecule has 1 aliphatic carbocycles. The number of nitrogens with one attached hydrogen (secondary N) is 1. The van der Waals surface area contributed by atoms with Crippen LogP contribution in [0, 0.1) is 6.92 Å². The average molecular weight is 301 g/mol. The summed E-state index contributed by atoms with van der Waals surface area (Å²) in [6.07, 6.45) is 6.17. The Morgan fingerprint density at radius 1 is 1.47 bits per heavy atom. The number of carboxylic acids is 1. The molecule has 1 aromatic rings. The summed E-state index contributed by atoms with van der Waals surface area (Å²) >= 11 is 0.940. The average Bonchev–Trinajstić information content (AvgIpc) is 2.73. The van der Waals surface area contributed by atoms with Crippen LogP contribution in [0.5, 0.6) is 0 Å². The van der Waals surface area contributed by atoms with E-state index in [1.54, 1.807) is 12.3 Å². The second kappa shape index (κ2) is 5.44. The number of hydrogen-bond donors (Lipinski definition) is 2. The lowest BCUT2D eigenvalue weighted by Crippen LogP contribution is -2.36. The maximum absolute atomic E-state index is 12.3. The molecule has 7 heteroatoms. The van der Waals surface area contributed by atoms with E-state index in [1.807, 2.05) is 12.2 Å². The number of aryl methyl sites for hydroxylation is 1. The molecule has 1 aliphatic rings. The van der Waals surface area contributed by atoms with Crippen LogP contribution in [0.15, 0.2) is 22.4 Å². The molecular formula is C12H15NO4S2. The van der Waals surface area contributed by atoms with Crippen molar-refractivity contribution in [3.63, 3.8) is 0 Å². The third-order valence-electron chi connectivity index (χ3n) is 2.97. The second-order valence-electron chi connectivity index (χ2n) is 4.48. The fourth-order valence-electron chi connectivity index (χ4n) is 2.09. The van der Waals surface area contributed by atoms with E-state index >= 15 is 0 Å². The maximum atomic E-state index is 12.3. The summed E-state index contributed by atoms with van der Waals surface area (Å²) < 4.78 is 27.2. The molecule has 0 radical (unpaired) electrons. The number of carboxylic acid groups (broad SMARTS) is 1. The number of aromatic carboxylic acids is 1. The van der Waals surface area contributed by atoms with Crippen molar-refractivity contribution in [3.05, 3.63) is 28.0 Å². The smallest absolute Gasteiger partial charge is 0.347 e. The predicted molar refractivity (Wildman–Crippen MR) is 73.1 cm³/mol. The van der Waals surface area contributed by atoms with Gasteiger partial charge < -0.3 is 5.11 Å². The number of thiophene rings is 1. The zero-order valence-corrected chi connectivity index (χ0v) is 12.1. The summed E-state index contributed by atoms with van der Waals surface area (Å²) in [5.41, 5.74) is 0.473. The first-order valence-electron chi connectivity index (χ1n) is 5.90. The van der Waals surface area contributed by atoms with Crippen molar-refractivity contribution in [2.24, 2.45) is 0 Å². The van der Waals surface area contributed by atoms with Gasteiger partial charge in [-0.1, -0.05) is 12.2 Å². The number of rotatable bonds is 4. The van der Waals surface area contributed by atoms with Crippen molar-refractivity contribution in [2.45, 2.75) is 37.1 Å². The third kappa shape index (κ3) is 3.05. The molecule has 19 heavy (non-hydrogen) atoms. The molecule has 2 rings (SSSR count). The van der Waals surface area contributed by atoms with E-state index in [0.717, 1.165) is 24.2 Å². The van der Waals surface area contributed by atoms with Gasteiger partial charge in [0.05, 0.1) is 0 Å². The third-order valence-corrected chi connectivity index (χ3v) is 5.89. The lowest BCUT2D eigenvalue weighted by atomic mass is 10.0. The van der Waals surface area contributed by atoms with Gasteiger partial charge in [0.15, 0.2) is 0 Å². The Balaban J connectivity index is 2.31. The Labute approximate surface area is 116 Å². The first kappa shape index (κ1) is 14.2. The number of allylic oxidation sites excluding steroid dienone is 1. The van der Waals surface area contributed by atoms with Crippen LogP contribution in [0.1, 0.15) is 34.5 Å². The molecule has 1 atom stereocenters. The molecule has 0 spiro atoms. The van der Waals surface area contributed by atoms with E-state index in [2.05, 4.69) is 4.72 Å². The summed E-state index contributed by atoms with van der Waals surface area (Å²) in [7, 11) is -3.78. The zero-order chi connectivity index (χ0) is 14.0. The SMILES string of the molecule is Cc1csc(C(=O)O)c1S(=O)(=O)NC1CC=CCC1. The predicted octanol–water partition coefficient (Wildman–Crippen LogP) is 2.14. The molecule has 0 saturated carbocycles. The van der Waals surface area contributed by atoms with Gasteiger partial charge in [0.2, 0.25) is 10.0 Å². The monoisotopic (exact) mass is 301 g/mol. The van der Waals surface area contributed by atoms with Crippen LogP contribution in [0.3, 0.4) is 0 Å². The van der Waals surface area contributed by atoms with Gasteiger partial charge in [-0.3, -0.25) is 0 Å². The molecule has 0 bridgehead atoms. The van der Waals surface area contributed by atoms with Crippen LogP contribution in [0.2, 0.25) is 0 Å². The van der Waals surface area contributed by atoms with E-state index in [4.69, 9.17) is 5.11 Å². The summed E-state index contributed by atoms with van der Waals surface area (Å²) in [5.74, 6) is -1.21. The van der Waals surface area contributed by atoms with Crippen LogP contribution < -0.4 is 4.72 Å². The minimum atomic E-state index is -3.78. The van der Waals surface area contributed by atoms with Crippen LogP contribution in [-0.2, 0) is 10.0 Å². The first-order valence-corrected chi connectivity index (χ1v) is 8.27. The molecule has 0 aromatic carbocycles. The highest BCUT2D eigenvalue weighted by molar-refractivity contribution is 7.89. The van der Waals surface area contributed by atoms with Gasteiger partial charge in [-0.25, -0.2) is 17.9 Å². The molecule has 1 aromatic heterocycles. The van der Waals surface area contributed by atoms with Crippen molar-refractivity contribution >= 4 is 27.3 Å². The molecule has 2 N–H and O–H groups in total. The quantitative estimate of drug-likeness (QED) is 0.835. The summed E-state index contributed by atoms with van der Waals surface area (Å²) in [6.45, 7) is 1.61. The Morgan fingerprint density at radius 2 is 2.21 bits per heavy atom. The fourth-order valence-corrected chi connectivity index (χ4v) is 5.01. The highest BCUT2D eigenvalue weighted by atomic mass is 32.2. The number of carbonyl (C=O) groups is 1. The van der Waals surface area contributed by atoms with Gasteiger partial charge in [-0.15, -0.1) is 11.3 Å². The van der Waals surface area contributed by atoms with Crippen LogP contribution >= 0.6 is 11.3 Å². The number of sulfonamides is 1. The van der Waals surface area contributed by atoms with Crippen molar-refractivity contribution < 1.29 is 18.3 Å². The minimum Gasteiger partial charge on any atom is -0.477 e. The van der Waals surface area contributed by atoms with Crippen LogP contribution in [0.25, 0.3) is 0 Å². The van der Waals surface area contributed by atoms with Crippen molar-refractivity contribution in [2.75, 3.05) is 0 Å². The molecule has 0 amide bonds. The first-order chi connectivity index (χ1) is 8.92.